The third-order valence-corrected chi connectivity index (χ3v) is 5.83. The maximum absolute atomic E-state index is 10.6. The molecule has 0 unspecified atom stereocenters. The van der Waals surface area contributed by atoms with Gasteiger partial charge in [-0.2, -0.15) is 0 Å². The van der Waals surface area contributed by atoms with Crippen molar-refractivity contribution in [1.29, 1.82) is 0 Å². The van der Waals surface area contributed by atoms with Crippen LogP contribution < -0.4 is 10.2 Å². The van der Waals surface area contributed by atoms with Crippen molar-refractivity contribution in [2.75, 3.05) is 18.0 Å². The van der Waals surface area contributed by atoms with Crippen LogP contribution in [0.4, 0.5) is 11.4 Å². The Morgan fingerprint density at radius 2 is 1.91 bits per heavy atom. The molecule has 2 heterocycles. The number of phenols is 1. The van der Waals surface area contributed by atoms with Crippen molar-refractivity contribution in [2.24, 2.45) is 0 Å². The van der Waals surface area contributed by atoms with Gasteiger partial charge < -0.3 is 15.3 Å². The number of hydrogen-bond donors (Lipinski definition) is 2. The number of piperidine rings is 1. The summed E-state index contributed by atoms with van der Waals surface area (Å²) in [4.78, 5) is 4.72. The molecule has 22 heavy (non-hydrogen) atoms. The number of aromatic hydroxyl groups is 1. The lowest BCUT2D eigenvalue weighted by molar-refractivity contribution is 0.437. The summed E-state index contributed by atoms with van der Waals surface area (Å²) in [7, 11) is 0. The van der Waals surface area contributed by atoms with Gasteiger partial charge in [0.15, 0.2) is 0 Å². The van der Waals surface area contributed by atoms with Gasteiger partial charge in [0.05, 0.1) is 11.4 Å². The van der Waals surface area contributed by atoms with E-state index in [1.54, 1.807) is 17.8 Å². The summed E-state index contributed by atoms with van der Waals surface area (Å²) in [6.45, 7) is 2.06. The van der Waals surface area contributed by atoms with Crippen LogP contribution >= 0.6 is 27.7 Å². The smallest absolute Gasteiger partial charge is 0.141 e. The number of fused-ring (bicyclic) bond motifs is 2. The van der Waals surface area contributed by atoms with Crippen LogP contribution in [0.2, 0.25) is 0 Å². The molecule has 0 bridgehead atoms. The summed E-state index contributed by atoms with van der Waals surface area (Å²) in [6.07, 6.45) is 2.18. The number of rotatable bonds is 1. The van der Waals surface area contributed by atoms with Crippen LogP contribution in [-0.4, -0.2) is 24.2 Å². The number of halogens is 1. The van der Waals surface area contributed by atoms with Crippen molar-refractivity contribution >= 4 is 39.1 Å². The molecular weight excluding hydrogens is 360 g/mol. The van der Waals surface area contributed by atoms with Crippen LogP contribution in [0.5, 0.6) is 5.75 Å². The van der Waals surface area contributed by atoms with Crippen molar-refractivity contribution in [3.8, 4) is 5.75 Å². The SMILES string of the molecule is Oc1cc(Br)cc2c1N(C1CCNCC1)c1ccccc1S2. The summed E-state index contributed by atoms with van der Waals surface area (Å²) in [5.41, 5.74) is 2.17. The van der Waals surface area contributed by atoms with Crippen LogP contribution in [0.1, 0.15) is 12.8 Å². The fourth-order valence-electron chi connectivity index (χ4n) is 3.31. The van der Waals surface area contributed by atoms with Crippen LogP contribution in [0, 0.1) is 0 Å². The second-order valence-electron chi connectivity index (χ2n) is 5.69. The number of phenolic OH excluding ortho intramolecular Hbond substituents is 1. The van der Waals surface area contributed by atoms with Gasteiger partial charge in [-0.1, -0.05) is 39.8 Å². The summed E-state index contributed by atoms with van der Waals surface area (Å²) in [6, 6.07) is 12.8. The van der Waals surface area contributed by atoms with Crippen LogP contribution in [0.3, 0.4) is 0 Å². The van der Waals surface area contributed by atoms with E-state index in [0.717, 1.165) is 41.0 Å². The number of nitrogens with zero attached hydrogens (tertiary/aromatic N) is 1. The zero-order valence-electron chi connectivity index (χ0n) is 12.1. The molecule has 5 heteroatoms. The zero-order chi connectivity index (χ0) is 15.1. The Kier molecular flexibility index (Phi) is 3.80. The van der Waals surface area contributed by atoms with E-state index in [-0.39, 0.29) is 0 Å². The first-order chi connectivity index (χ1) is 10.7. The van der Waals surface area contributed by atoms with Gasteiger partial charge in [0.1, 0.15) is 5.75 Å². The number of benzene rings is 2. The molecule has 0 radical (unpaired) electrons. The average Bonchev–Trinajstić information content (AvgIpc) is 2.53. The highest BCUT2D eigenvalue weighted by Crippen LogP contribution is 2.53. The van der Waals surface area contributed by atoms with Crippen molar-refractivity contribution in [1.82, 2.24) is 5.32 Å². The topological polar surface area (TPSA) is 35.5 Å². The van der Waals surface area contributed by atoms with Gasteiger partial charge in [-0.15, -0.1) is 0 Å². The molecule has 1 fully saturated rings. The highest BCUT2D eigenvalue weighted by Gasteiger charge is 2.32. The number of nitrogens with one attached hydrogen (secondary N) is 1. The minimum absolute atomic E-state index is 0.352. The molecule has 1 saturated heterocycles. The van der Waals surface area contributed by atoms with Crippen molar-refractivity contribution in [3.05, 3.63) is 40.9 Å². The number of hydrogen-bond acceptors (Lipinski definition) is 4. The van der Waals surface area contributed by atoms with Gasteiger partial charge in [-0.25, -0.2) is 0 Å². The quantitative estimate of drug-likeness (QED) is 0.767. The largest absolute Gasteiger partial charge is 0.506 e. The summed E-state index contributed by atoms with van der Waals surface area (Å²) < 4.78 is 0.917. The molecule has 2 aromatic rings. The minimum Gasteiger partial charge on any atom is -0.506 e. The highest BCUT2D eigenvalue weighted by molar-refractivity contribution is 9.10. The molecule has 0 aliphatic carbocycles. The van der Waals surface area contributed by atoms with E-state index in [2.05, 4.69) is 56.5 Å². The van der Waals surface area contributed by atoms with Crippen LogP contribution in [-0.2, 0) is 0 Å². The molecular formula is C17H17BrN2OS. The third kappa shape index (κ3) is 2.41. The Labute approximate surface area is 142 Å². The van der Waals surface area contributed by atoms with Crippen molar-refractivity contribution < 1.29 is 5.11 Å². The summed E-state index contributed by atoms with van der Waals surface area (Å²) >= 11 is 5.23. The molecule has 2 aliphatic heterocycles. The second-order valence-corrected chi connectivity index (χ2v) is 7.69. The molecule has 2 N–H and O–H groups in total. The molecule has 0 spiro atoms. The Bertz CT molecular complexity index is 716. The van der Waals surface area contributed by atoms with Crippen molar-refractivity contribution in [2.45, 2.75) is 28.7 Å². The van der Waals surface area contributed by atoms with Gasteiger partial charge >= 0.3 is 0 Å². The van der Waals surface area contributed by atoms with Crippen LogP contribution in [0.15, 0.2) is 50.7 Å². The lowest BCUT2D eigenvalue weighted by Crippen LogP contribution is -2.41. The van der Waals surface area contributed by atoms with Gasteiger partial charge in [-0.05, 0) is 50.2 Å². The number of para-hydroxylation sites is 1. The Morgan fingerprint density at radius 3 is 2.73 bits per heavy atom. The van der Waals surface area contributed by atoms with Gasteiger partial charge in [-0.3, -0.25) is 0 Å². The third-order valence-electron chi connectivity index (χ3n) is 4.28. The predicted octanol–water partition coefficient (Wildman–Crippen LogP) is 4.51. The average molecular weight is 377 g/mol. The molecule has 0 saturated carbocycles. The molecule has 3 nitrogen and oxygen atoms in total. The first kappa shape index (κ1) is 14.4. The Balaban J connectivity index is 1.88. The maximum Gasteiger partial charge on any atom is 0.141 e. The summed E-state index contributed by atoms with van der Waals surface area (Å²) in [5.74, 6) is 0.352. The Hall–Kier alpha value is -1.17. The standard InChI is InChI=1S/C17H17BrN2OS/c18-11-9-14(21)17-16(10-11)22-15-4-2-1-3-13(15)20(17)12-5-7-19-8-6-12/h1-4,9-10,12,19,21H,5-8H2. The normalized spacial score (nSPS) is 18.0. The summed E-state index contributed by atoms with van der Waals surface area (Å²) in [5, 5.41) is 14.0. The van der Waals surface area contributed by atoms with E-state index >= 15 is 0 Å². The molecule has 0 atom stereocenters. The van der Waals surface area contributed by atoms with E-state index in [9.17, 15) is 5.11 Å². The minimum atomic E-state index is 0.352. The van der Waals surface area contributed by atoms with E-state index in [4.69, 9.17) is 0 Å². The van der Waals surface area contributed by atoms with E-state index in [1.165, 1.54) is 10.6 Å². The molecule has 2 aromatic carbocycles. The first-order valence-corrected chi connectivity index (χ1v) is 9.14. The van der Waals surface area contributed by atoms with Crippen LogP contribution in [0.25, 0.3) is 0 Å². The monoisotopic (exact) mass is 376 g/mol. The fraction of sp³-hybridized carbons (Fsp3) is 0.294. The fourth-order valence-corrected chi connectivity index (χ4v) is 5.04. The van der Waals surface area contributed by atoms with Gasteiger partial charge in [0, 0.05) is 20.3 Å². The second kappa shape index (κ2) is 5.80. The zero-order valence-corrected chi connectivity index (χ0v) is 14.5. The number of anilines is 2. The predicted molar refractivity (Wildman–Crippen MR) is 94.4 cm³/mol. The molecule has 4 rings (SSSR count). The van der Waals surface area contributed by atoms with Gasteiger partial charge in [0.25, 0.3) is 0 Å². The lowest BCUT2D eigenvalue weighted by Gasteiger charge is -2.41. The van der Waals surface area contributed by atoms with Crippen molar-refractivity contribution in [3.63, 3.8) is 0 Å². The maximum atomic E-state index is 10.6. The van der Waals surface area contributed by atoms with E-state index in [1.807, 2.05) is 0 Å². The van der Waals surface area contributed by atoms with E-state index < -0.39 is 0 Å². The molecule has 2 aliphatic rings. The first-order valence-electron chi connectivity index (χ1n) is 7.53. The van der Waals surface area contributed by atoms with Gasteiger partial charge in [0.2, 0.25) is 0 Å². The Morgan fingerprint density at radius 1 is 1.14 bits per heavy atom. The molecule has 114 valence electrons. The lowest BCUT2D eigenvalue weighted by atomic mass is 10.0. The highest BCUT2D eigenvalue weighted by atomic mass is 79.9. The van der Waals surface area contributed by atoms with E-state index in [0.29, 0.717) is 11.8 Å². The molecule has 0 aromatic heterocycles. The molecule has 0 amide bonds.